The van der Waals surface area contributed by atoms with Crippen molar-refractivity contribution in [1.82, 2.24) is 0 Å². The molecule has 0 spiro atoms. The Morgan fingerprint density at radius 1 is 0.629 bits per heavy atom. The summed E-state index contributed by atoms with van der Waals surface area (Å²) >= 11 is -2.67. The first-order valence-electron chi connectivity index (χ1n) is 11.7. The summed E-state index contributed by atoms with van der Waals surface area (Å²) in [5.41, 5.74) is 2.99. The maximum atomic E-state index is 12.6. The van der Waals surface area contributed by atoms with Crippen molar-refractivity contribution in [3.63, 3.8) is 0 Å². The Hall–Kier alpha value is -3.52. The first-order valence-corrected chi connectivity index (χ1v) is 13.1. The normalized spacial score (nSPS) is 12.1. The van der Waals surface area contributed by atoms with Gasteiger partial charge in [-0.2, -0.15) is 0 Å². The van der Waals surface area contributed by atoms with Gasteiger partial charge in [0.05, 0.1) is 17.3 Å². The number of hydrogen-bond acceptors (Lipinski definition) is 4. The molecule has 0 aliphatic rings. The van der Waals surface area contributed by atoms with Crippen LogP contribution in [0.2, 0.25) is 0 Å². The largest absolute Gasteiger partial charge is 1.20 e. The maximum Gasteiger partial charge on any atom is 1.20 e. The van der Waals surface area contributed by atoms with Gasteiger partial charge in [-0.05, 0) is 56.9 Å². The van der Waals surface area contributed by atoms with Crippen molar-refractivity contribution in [3.05, 3.63) is 143 Å². The lowest BCUT2D eigenvalue weighted by Crippen LogP contribution is -2.25. The van der Waals surface area contributed by atoms with E-state index in [2.05, 4.69) is 24.3 Å². The van der Waals surface area contributed by atoms with Crippen LogP contribution >= 0.6 is 0 Å². The fourth-order valence-corrected chi connectivity index (χ4v) is 4.59. The highest BCUT2D eigenvalue weighted by atomic mass is 27.3. The van der Waals surface area contributed by atoms with Gasteiger partial charge >= 0.3 is 15.1 Å². The third-order valence-electron chi connectivity index (χ3n) is 5.18. The van der Waals surface area contributed by atoms with Gasteiger partial charge in [-0.3, -0.25) is 4.79 Å². The van der Waals surface area contributed by atoms with Gasteiger partial charge in [0.15, 0.2) is 5.78 Å². The van der Waals surface area contributed by atoms with Crippen LogP contribution in [0.3, 0.4) is 0 Å². The minimum atomic E-state index is -2.67. The zero-order valence-electron chi connectivity index (χ0n) is 20.5. The Morgan fingerprint density at radius 3 is 1.49 bits per heavy atom. The van der Waals surface area contributed by atoms with Gasteiger partial charge in [0.25, 0.3) is 0 Å². The lowest BCUT2D eigenvalue weighted by Gasteiger charge is -2.17. The number of carbonyl (C=O) groups is 1. The molecule has 0 N–H and O–H groups in total. The lowest BCUT2D eigenvalue weighted by atomic mass is 10.1. The fourth-order valence-electron chi connectivity index (χ4n) is 3.28. The average molecular weight is 483 g/mol. The van der Waals surface area contributed by atoms with Gasteiger partial charge in [0.1, 0.15) is 0 Å². The molecule has 0 aromatic heterocycles. The van der Waals surface area contributed by atoms with E-state index in [9.17, 15) is 4.79 Å². The molecule has 0 unspecified atom stereocenters. The highest BCUT2D eigenvalue weighted by Crippen LogP contribution is 2.14. The number of ketones is 1. The minimum absolute atomic E-state index is 0.122. The predicted molar refractivity (Wildman–Crippen MR) is 141 cm³/mol. The average Bonchev–Trinajstić information content (AvgIpc) is 2.88. The van der Waals surface area contributed by atoms with Crippen LogP contribution in [0.15, 0.2) is 127 Å². The SMILES string of the molecule is C/C(=C/Cc1ccccc1)[O][Al]([O]/C(C)=C\Cc1ccccc1)[O]/C(C)=C\C(=O)c1ccccc1. The Balaban J connectivity index is 1.69. The summed E-state index contributed by atoms with van der Waals surface area (Å²) in [6.45, 7) is 5.54. The Bertz CT molecular complexity index is 1090. The molecule has 35 heavy (non-hydrogen) atoms. The van der Waals surface area contributed by atoms with Crippen LogP contribution in [0.25, 0.3) is 0 Å². The molecule has 178 valence electrons. The number of carbonyl (C=O) groups excluding carboxylic acids is 1. The van der Waals surface area contributed by atoms with E-state index < -0.39 is 15.1 Å². The summed E-state index contributed by atoms with van der Waals surface area (Å²) < 4.78 is 18.3. The van der Waals surface area contributed by atoms with Gasteiger partial charge in [-0.15, -0.1) is 0 Å². The minimum Gasteiger partial charge on any atom is -0.581 e. The summed E-state index contributed by atoms with van der Waals surface area (Å²) in [5.74, 6) is 1.79. The quantitative estimate of drug-likeness (QED) is 0.120. The zero-order chi connectivity index (χ0) is 24.9. The Labute approximate surface area is 213 Å². The molecule has 0 bridgehead atoms. The molecule has 0 aliphatic heterocycles. The first kappa shape index (κ1) is 26.1. The van der Waals surface area contributed by atoms with Crippen LogP contribution < -0.4 is 0 Å². The van der Waals surface area contributed by atoms with Crippen molar-refractivity contribution < 1.29 is 16.2 Å². The maximum absolute atomic E-state index is 12.6. The molecule has 3 rings (SSSR count). The van der Waals surface area contributed by atoms with Gasteiger partial charge in [0, 0.05) is 11.6 Å². The van der Waals surface area contributed by atoms with E-state index in [0.29, 0.717) is 11.3 Å². The molecule has 4 nitrogen and oxygen atoms in total. The van der Waals surface area contributed by atoms with Gasteiger partial charge in [-0.25, -0.2) is 0 Å². The van der Waals surface area contributed by atoms with Crippen LogP contribution in [0, 0.1) is 0 Å². The van der Waals surface area contributed by atoms with Crippen LogP contribution in [0.5, 0.6) is 0 Å². The van der Waals surface area contributed by atoms with Crippen molar-refractivity contribution >= 4 is 20.9 Å². The van der Waals surface area contributed by atoms with E-state index >= 15 is 0 Å². The van der Waals surface area contributed by atoms with Crippen molar-refractivity contribution in [3.8, 4) is 0 Å². The Kier molecular flexibility index (Phi) is 10.4. The predicted octanol–water partition coefficient (Wildman–Crippen LogP) is 7.10. The van der Waals surface area contributed by atoms with Crippen molar-refractivity contribution in [2.45, 2.75) is 33.6 Å². The second-order valence-electron chi connectivity index (χ2n) is 8.14. The van der Waals surface area contributed by atoms with Crippen molar-refractivity contribution in [2.75, 3.05) is 0 Å². The van der Waals surface area contributed by atoms with Crippen LogP contribution in [0.4, 0.5) is 0 Å². The van der Waals surface area contributed by atoms with Crippen LogP contribution in [0.1, 0.15) is 42.3 Å². The zero-order valence-corrected chi connectivity index (χ0v) is 21.7. The van der Waals surface area contributed by atoms with Crippen molar-refractivity contribution in [1.29, 1.82) is 0 Å². The highest BCUT2D eigenvalue weighted by Gasteiger charge is 2.44. The molecule has 0 radical (unpaired) electrons. The Morgan fingerprint density at radius 2 is 1.03 bits per heavy atom. The summed E-state index contributed by atoms with van der Waals surface area (Å²) in [4.78, 5) is 12.6. The summed E-state index contributed by atoms with van der Waals surface area (Å²) in [7, 11) is 0. The van der Waals surface area contributed by atoms with E-state index in [-0.39, 0.29) is 5.78 Å². The highest BCUT2D eigenvalue weighted by molar-refractivity contribution is 6.37. The molecule has 3 aromatic rings. The van der Waals surface area contributed by atoms with E-state index in [1.54, 1.807) is 19.1 Å². The first-order chi connectivity index (χ1) is 17.0. The van der Waals surface area contributed by atoms with Crippen LogP contribution in [-0.2, 0) is 24.2 Å². The molecule has 5 heteroatoms. The fraction of sp³-hybridized carbons (Fsp3) is 0.167. The number of allylic oxidation sites excluding steroid dienone is 6. The second-order valence-corrected chi connectivity index (χ2v) is 9.42. The number of rotatable bonds is 12. The molecular weight excluding hydrogens is 451 g/mol. The molecule has 0 amide bonds. The van der Waals surface area contributed by atoms with E-state index in [4.69, 9.17) is 11.4 Å². The molecule has 0 heterocycles. The molecule has 0 fully saturated rings. The third kappa shape index (κ3) is 9.70. The van der Waals surface area contributed by atoms with Gasteiger partial charge in [-0.1, -0.05) is 91.0 Å². The monoisotopic (exact) mass is 482 g/mol. The molecule has 0 atom stereocenters. The molecular formula is C30H31AlO4. The summed E-state index contributed by atoms with van der Waals surface area (Å²) in [5, 5.41) is 0. The van der Waals surface area contributed by atoms with Gasteiger partial charge < -0.3 is 11.4 Å². The van der Waals surface area contributed by atoms with E-state index in [1.807, 2.05) is 80.6 Å². The number of hydrogen-bond donors (Lipinski definition) is 0. The van der Waals surface area contributed by atoms with Gasteiger partial charge in [0.2, 0.25) is 0 Å². The smallest absolute Gasteiger partial charge is 0.581 e. The standard InChI is InChI=1S/C10H10O2.2C10H12O.Al/c1-8(11)7-10(12)9-5-3-2-4-6-9;2*1-9(11)7-8-10-5-3-2-4-6-10;/h2-7,11H,1H3;2*2-7,11H,8H2,1H3;/q;;;+3/p-3/b8-7-;2*9-7-;. The summed E-state index contributed by atoms with van der Waals surface area (Å²) in [6, 6.07) is 29.5. The third-order valence-corrected chi connectivity index (χ3v) is 6.87. The molecule has 3 aromatic carbocycles. The van der Waals surface area contributed by atoms with E-state index in [1.165, 1.54) is 17.2 Å². The molecule has 0 saturated carbocycles. The lowest BCUT2D eigenvalue weighted by molar-refractivity contribution is 0.104. The second kappa shape index (κ2) is 14.0. The summed E-state index contributed by atoms with van der Waals surface area (Å²) in [6.07, 6.45) is 7.00. The number of benzene rings is 3. The molecule has 0 aliphatic carbocycles. The van der Waals surface area contributed by atoms with E-state index in [0.717, 1.165) is 24.4 Å². The van der Waals surface area contributed by atoms with Crippen LogP contribution in [-0.4, -0.2) is 20.9 Å². The molecule has 0 saturated heterocycles. The topological polar surface area (TPSA) is 44.8 Å². The van der Waals surface area contributed by atoms with Crippen molar-refractivity contribution in [2.24, 2.45) is 0 Å².